The molecule has 0 saturated carbocycles. The predicted molar refractivity (Wildman–Crippen MR) is 136 cm³/mol. The maximum Gasteiger partial charge on any atom is 0.277 e. The molecule has 8 nitrogen and oxygen atoms in total. The fourth-order valence-electron chi connectivity index (χ4n) is 3.78. The second-order valence-electron chi connectivity index (χ2n) is 8.65. The minimum atomic E-state index is -0.503. The average molecular weight is 494 g/mol. The van der Waals surface area contributed by atoms with Crippen molar-refractivity contribution in [1.82, 2.24) is 15.3 Å². The minimum Gasteiger partial charge on any atom is -0.489 e. The summed E-state index contributed by atoms with van der Waals surface area (Å²) in [6.45, 7) is 5.96. The lowest BCUT2D eigenvalue weighted by atomic mass is 10.00. The van der Waals surface area contributed by atoms with Gasteiger partial charge in [0.25, 0.3) is 11.8 Å². The molecule has 3 N–H and O–H groups in total. The Morgan fingerprint density at radius 1 is 1.06 bits per heavy atom. The van der Waals surface area contributed by atoms with E-state index >= 15 is 0 Å². The zero-order valence-corrected chi connectivity index (χ0v) is 20.4. The van der Waals surface area contributed by atoms with Gasteiger partial charge in [0, 0.05) is 12.4 Å². The van der Waals surface area contributed by atoms with E-state index in [1.54, 1.807) is 30.3 Å². The molecule has 3 heterocycles. The molecule has 4 rings (SSSR count). The summed E-state index contributed by atoms with van der Waals surface area (Å²) in [5.41, 5.74) is 1.84. The van der Waals surface area contributed by atoms with Crippen LogP contribution in [0, 0.1) is 0 Å². The monoisotopic (exact) mass is 493 g/mol. The molecule has 0 aliphatic carbocycles. The summed E-state index contributed by atoms with van der Waals surface area (Å²) in [4.78, 5) is 34.4. The number of carbonyl (C=O) groups excluding carboxylic acids is 2. The number of halogens is 1. The highest BCUT2D eigenvalue weighted by atomic mass is 35.5. The third-order valence-corrected chi connectivity index (χ3v) is 5.96. The van der Waals surface area contributed by atoms with Crippen LogP contribution >= 0.6 is 11.6 Å². The van der Waals surface area contributed by atoms with E-state index in [9.17, 15) is 9.59 Å². The number of amides is 2. The first-order valence-corrected chi connectivity index (χ1v) is 12.0. The van der Waals surface area contributed by atoms with Crippen LogP contribution in [0.4, 0.5) is 11.5 Å². The predicted octanol–water partition coefficient (Wildman–Crippen LogP) is 4.89. The van der Waals surface area contributed by atoms with Crippen molar-refractivity contribution < 1.29 is 14.3 Å². The number of piperidine rings is 1. The van der Waals surface area contributed by atoms with Crippen molar-refractivity contribution in [1.29, 1.82) is 0 Å². The molecule has 0 unspecified atom stereocenters. The van der Waals surface area contributed by atoms with E-state index in [-0.39, 0.29) is 29.3 Å². The maximum absolute atomic E-state index is 13.3. The third kappa shape index (κ3) is 6.35. The Morgan fingerprint density at radius 2 is 1.86 bits per heavy atom. The second-order valence-corrected chi connectivity index (χ2v) is 9.08. The van der Waals surface area contributed by atoms with Crippen LogP contribution in [0.25, 0.3) is 0 Å². The molecule has 0 bridgehead atoms. The highest BCUT2D eigenvalue weighted by Gasteiger charge is 2.22. The molecule has 0 spiro atoms. The van der Waals surface area contributed by atoms with Crippen LogP contribution in [-0.4, -0.2) is 41.0 Å². The van der Waals surface area contributed by atoms with Crippen molar-refractivity contribution in [2.45, 2.75) is 38.7 Å². The van der Waals surface area contributed by atoms with Gasteiger partial charge in [0.2, 0.25) is 0 Å². The molecule has 182 valence electrons. The van der Waals surface area contributed by atoms with Gasteiger partial charge in [-0.3, -0.25) is 9.59 Å². The Labute approximate surface area is 209 Å². The molecule has 9 heteroatoms. The van der Waals surface area contributed by atoms with E-state index in [1.165, 1.54) is 12.4 Å². The summed E-state index contributed by atoms with van der Waals surface area (Å²) in [6.07, 6.45) is 4.71. The fraction of sp³-hybridized carbons (Fsp3) is 0.308. The summed E-state index contributed by atoms with van der Waals surface area (Å²) in [6, 6.07) is 12.1. The van der Waals surface area contributed by atoms with E-state index in [1.807, 2.05) is 12.1 Å². The average Bonchev–Trinajstić information content (AvgIpc) is 2.86. The molecule has 0 radical (unpaired) electrons. The van der Waals surface area contributed by atoms with Crippen molar-refractivity contribution in [3.05, 3.63) is 76.7 Å². The Morgan fingerprint density at radius 3 is 2.57 bits per heavy atom. The van der Waals surface area contributed by atoms with Crippen molar-refractivity contribution in [2.75, 3.05) is 23.7 Å². The first-order valence-electron chi connectivity index (χ1n) is 11.6. The van der Waals surface area contributed by atoms with Crippen molar-refractivity contribution in [3.63, 3.8) is 0 Å². The standard InChI is InChI=1S/C26H28ClN5O3/c1-16(2)17-5-7-20(22(14-17)35-19-9-12-28-13-10-19)25(33)31-21-4-3-11-29-24(21)26(34)32-23-8-6-18(27)15-30-23/h3-8,11,14-16,19,28H,9-10,12-13H2,1-2H3,(H,31,33)(H,30,32,34). The van der Waals surface area contributed by atoms with Gasteiger partial charge < -0.3 is 20.7 Å². The van der Waals surface area contributed by atoms with Crippen LogP contribution in [-0.2, 0) is 0 Å². The van der Waals surface area contributed by atoms with Gasteiger partial charge in [-0.05, 0) is 73.8 Å². The maximum atomic E-state index is 13.3. The minimum absolute atomic E-state index is 0.0387. The number of nitrogens with one attached hydrogen (secondary N) is 3. The van der Waals surface area contributed by atoms with Gasteiger partial charge in [-0.15, -0.1) is 0 Å². The largest absolute Gasteiger partial charge is 0.489 e. The lowest BCUT2D eigenvalue weighted by Crippen LogP contribution is -2.34. The lowest BCUT2D eigenvalue weighted by molar-refractivity contribution is 0.101. The highest BCUT2D eigenvalue weighted by molar-refractivity contribution is 6.30. The Balaban J connectivity index is 1.56. The topological polar surface area (TPSA) is 105 Å². The smallest absolute Gasteiger partial charge is 0.277 e. The summed E-state index contributed by atoms with van der Waals surface area (Å²) >= 11 is 5.86. The molecule has 1 fully saturated rings. The highest BCUT2D eigenvalue weighted by Crippen LogP contribution is 2.28. The summed E-state index contributed by atoms with van der Waals surface area (Å²) in [5.74, 6) is 0.274. The number of aromatic nitrogens is 2. The molecule has 2 amide bonds. The second kappa shape index (κ2) is 11.3. The van der Waals surface area contributed by atoms with E-state index in [4.69, 9.17) is 16.3 Å². The molecule has 3 aromatic rings. The van der Waals surface area contributed by atoms with Gasteiger partial charge in [0.05, 0.1) is 16.3 Å². The molecule has 1 aromatic carbocycles. The number of anilines is 2. The number of hydrogen-bond acceptors (Lipinski definition) is 6. The van der Waals surface area contributed by atoms with Crippen LogP contribution in [0.15, 0.2) is 54.9 Å². The number of nitrogens with zero attached hydrogens (tertiary/aromatic N) is 2. The fourth-order valence-corrected chi connectivity index (χ4v) is 3.89. The normalized spacial score (nSPS) is 13.9. The van der Waals surface area contributed by atoms with E-state index in [0.717, 1.165) is 31.5 Å². The van der Waals surface area contributed by atoms with Gasteiger partial charge in [0.1, 0.15) is 17.7 Å². The Bertz CT molecular complexity index is 1190. The molecule has 0 atom stereocenters. The van der Waals surface area contributed by atoms with Gasteiger partial charge in [-0.25, -0.2) is 9.97 Å². The molecule has 2 aromatic heterocycles. The third-order valence-electron chi connectivity index (χ3n) is 5.74. The van der Waals surface area contributed by atoms with Crippen LogP contribution in [0.1, 0.15) is 59.0 Å². The zero-order valence-electron chi connectivity index (χ0n) is 19.7. The van der Waals surface area contributed by atoms with E-state index in [2.05, 4.69) is 39.8 Å². The summed E-state index contributed by atoms with van der Waals surface area (Å²) < 4.78 is 6.29. The van der Waals surface area contributed by atoms with Crippen LogP contribution in [0.2, 0.25) is 5.02 Å². The summed E-state index contributed by atoms with van der Waals surface area (Å²) in [7, 11) is 0. The van der Waals surface area contributed by atoms with Crippen LogP contribution < -0.4 is 20.7 Å². The summed E-state index contributed by atoms with van der Waals surface area (Å²) in [5, 5.41) is 9.28. The van der Waals surface area contributed by atoms with Gasteiger partial charge >= 0.3 is 0 Å². The van der Waals surface area contributed by atoms with Crippen LogP contribution in [0.5, 0.6) is 5.75 Å². The number of pyridine rings is 2. The number of benzene rings is 1. The number of carbonyl (C=O) groups is 2. The zero-order chi connectivity index (χ0) is 24.8. The SMILES string of the molecule is CC(C)c1ccc(C(=O)Nc2cccnc2C(=O)Nc2ccc(Cl)cn2)c(OC2CCNCC2)c1. The number of hydrogen-bond donors (Lipinski definition) is 3. The molecule has 1 aliphatic heterocycles. The van der Waals surface area contributed by atoms with E-state index < -0.39 is 5.91 Å². The van der Waals surface area contributed by atoms with Gasteiger partial charge in [-0.1, -0.05) is 31.5 Å². The Kier molecular flexibility index (Phi) is 7.94. The first kappa shape index (κ1) is 24.6. The van der Waals surface area contributed by atoms with Crippen molar-refractivity contribution >= 4 is 34.9 Å². The number of ether oxygens (including phenoxy) is 1. The van der Waals surface area contributed by atoms with E-state index in [0.29, 0.717) is 22.2 Å². The quantitative estimate of drug-likeness (QED) is 0.433. The lowest BCUT2D eigenvalue weighted by Gasteiger charge is -2.25. The molecule has 1 aliphatic rings. The first-order chi connectivity index (χ1) is 16.9. The molecule has 35 heavy (non-hydrogen) atoms. The van der Waals surface area contributed by atoms with Crippen molar-refractivity contribution in [2.24, 2.45) is 0 Å². The molecular formula is C26H28ClN5O3. The number of rotatable bonds is 7. The van der Waals surface area contributed by atoms with Crippen LogP contribution in [0.3, 0.4) is 0 Å². The van der Waals surface area contributed by atoms with Gasteiger partial charge in [0.15, 0.2) is 5.69 Å². The molecule has 1 saturated heterocycles. The van der Waals surface area contributed by atoms with Crippen molar-refractivity contribution in [3.8, 4) is 5.75 Å². The van der Waals surface area contributed by atoms with Gasteiger partial charge in [-0.2, -0.15) is 0 Å². The Hall–Kier alpha value is -3.49. The molecular weight excluding hydrogens is 466 g/mol.